The second kappa shape index (κ2) is 13.3. The fourth-order valence-electron chi connectivity index (χ4n) is 8.04. The van der Waals surface area contributed by atoms with E-state index in [0.29, 0.717) is 17.5 Å². The molecule has 1 aliphatic heterocycles. The lowest BCUT2D eigenvalue weighted by molar-refractivity contribution is 0.591. The Morgan fingerprint density at radius 1 is 0.382 bits per heavy atom. The fraction of sp³-hybridized carbons (Fsp3) is 0.0200. The zero-order valence-electron chi connectivity index (χ0n) is 30.1. The zero-order valence-corrected chi connectivity index (χ0v) is 31.0. The van der Waals surface area contributed by atoms with E-state index in [4.69, 9.17) is 15.0 Å². The van der Waals surface area contributed by atoms with Gasteiger partial charge in [0.15, 0.2) is 17.5 Å². The van der Waals surface area contributed by atoms with E-state index in [9.17, 15) is 4.57 Å². The monoisotopic (exact) mass is 723 g/mol. The van der Waals surface area contributed by atoms with E-state index in [1.807, 2.05) is 61.3 Å². The molecule has 0 saturated heterocycles. The molecule has 1 aromatic heterocycles. The first-order valence-corrected chi connectivity index (χ1v) is 20.6. The third-order valence-electron chi connectivity index (χ3n) is 10.7. The molecule has 10 rings (SSSR count). The second-order valence-corrected chi connectivity index (χ2v) is 16.8. The van der Waals surface area contributed by atoms with E-state index in [-0.39, 0.29) is 0 Å². The fourth-order valence-corrected chi connectivity index (χ4v) is 10.6. The number of hydrogen-bond acceptors (Lipinski definition) is 4. The van der Waals surface area contributed by atoms with Crippen LogP contribution in [0, 0.1) is 0 Å². The van der Waals surface area contributed by atoms with Crippen LogP contribution in [0.5, 0.6) is 0 Å². The lowest BCUT2D eigenvalue weighted by atomic mass is 9.88. The first-order valence-electron chi connectivity index (χ1n) is 18.4. The van der Waals surface area contributed by atoms with Gasteiger partial charge in [-0.15, -0.1) is 0 Å². The minimum atomic E-state index is -2.85. The third-order valence-corrected chi connectivity index (χ3v) is 13.3. The number of hydrogen-bond donors (Lipinski definition) is 0. The molecule has 0 bridgehead atoms. The largest absolute Gasteiger partial charge is 0.314 e. The van der Waals surface area contributed by atoms with Gasteiger partial charge in [-0.3, -0.25) is 0 Å². The molecular formula is C50H34N3OP. The van der Waals surface area contributed by atoms with Crippen LogP contribution >= 0.6 is 7.14 Å². The van der Waals surface area contributed by atoms with Crippen LogP contribution in [0.3, 0.4) is 0 Å². The highest BCUT2D eigenvalue weighted by atomic mass is 31.2. The van der Waals surface area contributed by atoms with Crippen molar-refractivity contribution in [2.75, 3.05) is 6.66 Å². The van der Waals surface area contributed by atoms with E-state index >= 15 is 0 Å². The van der Waals surface area contributed by atoms with Crippen molar-refractivity contribution in [3.05, 3.63) is 188 Å². The molecule has 0 N–H and O–H groups in total. The van der Waals surface area contributed by atoms with Gasteiger partial charge < -0.3 is 4.57 Å². The van der Waals surface area contributed by atoms with Crippen molar-refractivity contribution in [1.29, 1.82) is 0 Å². The molecule has 1 atom stereocenters. The summed E-state index contributed by atoms with van der Waals surface area (Å²) in [6.07, 6.45) is 0. The number of nitrogens with zero attached hydrogens (tertiary/aromatic N) is 3. The number of fused-ring (bicyclic) bond motifs is 4. The van der Waals surface area contributed by atoms with Crippen molar-refractivity contribution in [3.8, 4) is 78.7 Å². The van der Waals surface area contributed by atoms with Crippen LogP contribution in [0.25, 0.3) is 89.4 Å². The minimum Gasteiger partial charge on any atom is -0.314 e. The Hall–Kier alpha value is -6.74. The number of benzene rings is 8. The summed E-state index contributed by atoms with van der Waals surface area (Å²) in [4.78, 5) is 15.1. The Morgan fingerprint density at radius 3 is 1.64 bits per heavy atom. The molecule has 0 amide bonds. The molecule has 0 fully saturated rings. The van der Waals surface area contributed by atoms with Crippen molar-refractivity contribution in [2.45, 2.75) is 0 Å². The molecule has 0 spiro atoms. The molecule has 0 aliphatic carbocycles. The molecule has 55 heavy (non-hydrogen) atoms. The molecule has 1 unspecified atom stereocenters. The van der Waals surface area contributed by atoms with Gasteiger partial charge in [-0.25, -0.2) is 15.0 Å². The van der Waals surface area contributed by atoms with E-state index in [2.05, 4.69) is 133 Å². The first-order chi connectivity index (χ1) is 27.0. The van der Waals surface area contributed by atoms with Crippen LogP contribution < -0.4 is 10.6 Å². The number of aromatic nitrogens is 3. The molecule has 0 saturated carbocycles. The van der Waals surface area contributed by atoms with Gasteiger partial charge >= 0.3 is 0 Å². The third kappa shape index (κ3) is 5.71. The summed E-state index contributed by atoms with van der Waals surface area (Å²) in [5.41, 5.74) is 11.3. The van der Waals surface area contributed by atoms with Crippen molar-refractivity contribution >= 4 is 28.5 Å². The van der Waals surface area contributed by atoms with E-state index in [1.54, 1.807) is 0 Å². The summed E-state index contributed by atoms with van der Waals surface area (Å²) in [7, 11) is -2.85. The maximum absolute atomic E-state index is 14.7. The molecule has 0 radical (unpaired) electrons. The standard InChI is InChI=1S/C50H34N3OP/c1-55(54)45-25-11-10-22-41(45)43-23-13-24-44(47(43)55)42-31-30-34-16-8-9-21-40(34)46(42)35-26-28-37(29-27-35)49-51-48(36-17-6-3-7-18-36)52-50(53-49)39-20-12-19-38(32-39)33-14-4-2-5-15-33/h2-32H,1H3. The molecular weight excluding hydrogens is 690 g/mol. The Kier molecular flexibility index (Phi) is 7.94. The normalized spacial score (nSPS) is 14.4. The summed E-state index contributed by atoms with van der Waals surface area (Å²) >= 11 is 0. The average Bonchev–Trinajstić information content (AvgIpc) is 3.50. The molecule has 4 nitrogen and oxygen atoms in total. The van der Waals surface area contributed by atoms with Crippen molar-refractivity contribution in [1.82, 2.24) is 15.0 Å². The summed E-state index contributed by atoms with van der Waals surface area (Å²) in [6.45, 7) is 1.92. The second-order valence-electron chi connectivity index (χ2n) is 14.0. The summed E-state index contributed by atoms with van der Waals surface area (Å²) in [5.74, 6) is 1.84. The summed E-state index contributed by atoms with van der Waals surface area (Å²) < 4.78 is 14.7. The van der Waals surface area contributed by atoms with Crippen LogP contribution in [0.15, 0.2) is 188 Å². The van der Waals surface area contributed by atoms with Crippen LogP contribution in [0.2, 0.25) is 0 Å². The SMILES string of the molecule is CP1(=O)c2ccccc2-c2cccc(-c3ccc4ccccc4c3-c3ccc(-c4nc(-c5ccccc5)nc(-c5cccc(-c6ccccc6)c5)n4)cc3)c21. The van der Waals surface area contributed by atoms with Crippen molar-refractivity contribution < 1.29 is 4.57 Å². The lowest BCUT2D eigenvalue weighted by Crippen LogP contribution is -2.11. The van der Waals surface area contributed by atoms with Crippen LogP contribution in [0.4, 0.5) is 0 Å². The van der Waals surface area contributed by atoms with E-state index in [1.165, 1.54) is 0 Å². The first kappa shape index (κ1) is 32.9. The predicted octanol–water partition coefficient (Wildman–Crippen LogP) is 12.0. The van der Waals surface area contributed by atoms with E-state index < -0.39 is 7.14 Å². The Bertz CT molecular complexity index is 2960. The number of rotatable bonds is 6. The van der Waals surface area contributed by atoms with Gasteiger partial charge in [0.25, 0.3) is 0 Å². The highest BCUT2D eigenvalue weighted by Gasteiger charge is 2.37. The zero-order chi connectivity index (χ0) is 36.9. The summed E-state index contributed by atoms with van der Waals surface area (Å²) in [5, 5.41) is 4.15. The highest BCUT2D eigenvalue weighted by Crippen LogP contribution is 2.53. The van der Waals surface area contributed by atoms with E-state index in [0.717, 1.165) is 82.6 Å². The molecule has 260 valence electrons. The smallest absolute Gasteiger partial charge is 0.164 e. The van der Waals surface area contributed by atoms with Crippen LogP contribution in [-0.4, -0.2) is 21.6 Å². The Balaban J connectivity index is 1.11. The van der Waals surface area contributed by atoms with Gasteiger partial charge in [-0.05, 0) is 68.0 Å². The maximum atomic E-state index is 14.7. The van der Waals surface area contributed by atoms with Crippen molar-refractivity contribution in [3.63, 3.8) is 0 Å². The highest BCUT2D eigenvalue weighted by molar-refractivity contribution is 7.79. The maximum Gasteiger partial charge on any atom is 0.164 e. The predicted molar refractivity (Wildman–Crippen MR) is 228 cm³/mol. The molecule has 2 heterocycles. The van der Waals surface area contributed by atoms with Crippen LogP contribution in [-0.2, 0) is 4.57 Å². The molecule has 5 heteroatoms. The van der Waals surface area contributed by atoms with Gasteiger partial charge in [0, 0.05) is 27.3 Å². The van der Waals surface area contributed by atoms with Gasteiger partial charge in [0.05, 0.1) is 0 Å². The minimum absolute atomic E-state index is 0.601. The van der Waals surface area contributed by atoms with Crippen molar-refractivity contribution in [2.24, 2.45) is 0 Å². The average molecular weight is 724 g/mol. The molecule has 1 aliphatic rings. The lowest BCUT2D eigenvalue weighted by Gasteiger charge is -2.19. The van der Waals surface area contributed by atoms with Gasteiger partial charge in [0.2, 0.25) is 0 Å². The topological polar surface area (TPSA) is 55.7 Å². The molecule has 9 aromatic rings. The Labute approximate surface area is 320 Å². The van der Waals surface area contributed by atoms with Gasteiger partial charge in [-0.1, -0.05) is 182 Å². The quantitative estimate of drug-likeness (QED) is 0.160. The van der Waals surface area contributed by atoms with Gasteiger partial charge in [0.1, 0.15) is 7.14 Å². The van der Waals surface area contributed by atoms with Gasteiger partial charge in [-0.2, -0.15) is 0 Å². The summed E-state index contributed by atoms with van der Waals surface area (Å²) in [6, 6.07) is 64.6. The molecule has 8 aromatic carbocycles. The Morgan fingerprint density at radius 2 is 0.891 bits per heavy atom. The van der Waals surface area contributed by atoms with Crippen LogP contribution in [0.1, 0.15) is 0 Å².